The molecule has 4 aliphatic rings. The van der Waals surface area contributed by atoms with Gasteiger partial charge in [-0.25, -0.2) is 0 Å². The molecule has 1 saturated heterocycles. The van der Waals surface area contributed by atoms with Crippen molar-refractivity contribution >= 4 is 11.8 Å². The molecule has 0 bridgehead atoms. The van der Waals surface area contributed by atoms with Gasteiger partial charge in [-0.1, -0.05) is 0 Å². The van der Waals surface area contributed by atoms with Crippen LogP contribution >= 0.6 is 0 Å². The molecule has 1 aromatic heterocycles. The van der Waals surface area contributed by atoms with Crippen molar-refractivity contribution in [3.63, 3.8) is 0 Å². The maximum absolute atomic E-state index is 12.8. The van der Waals surface area contributed by atoms with Gasteiger partial charge >= 0.3 is 0 Å². The molecular weight excluding hydrogens is 332 g/mol. The van der Waals surface area contributed by atoms with Gasteiger partial charge in [0.25, 0.3) is 5.91 Å². The number of amides is 2. The van der Waals surface area contributed by atoms with E-state index in [0.717, 1.165) is 49.3 Å². The van der Waals surface area contributed by atoms with Crippen molar-refractivity contribution in [2.24, 2.45) is 17.8 Å². The summed E-state index contributed by atoms with van der Waals surface area (Å²) in [4.78, 5) is 27.2. The number of likely N-dealkylation sites (tertiary alicyclic amines) is 1. The van der Waals surface area contributed by atoms with Crippen molar-refractivity contribution in [3.05, 3.63) is 17.0 Å². The van der Waals surface area contributed by atoms with Gasteiger partial charge in [0.05, 0.1) is 12.1 Å². The predicted molar refractivity (Wildman–Crippen MR) is 93.4 cm³/mol. The maximum atomic E-state index is 12.8. The first-order valence-electron chi connectivity index (χ1n) is 9.95. The number of nitrogens with zero attached hydrogens (tertiary/aromatic N) is 2. The summed E-state index contributed by atoms with van der Waals surface area (Å²) in [6.07, 6.45) is 6.64. The molecule has 7 nitrogen and oxygen atoms in total. The van der Waals surface area contributed by atoms with Gasteiger partial charge in [-0.15, -0.1) is 0 Å². The first-order chi connectivity index (χ1) is 12.6. The zero-order valence-electron chi connectivity index (χ0n) is 14.9. The van der Waals surface area contributed by atoms with Crippen molar-refractivity contribution in [2.75, 3.05) is 13.1 Å². The van der Waals surface area contributed by atoms with Crippen molar-refractivity contribution in [2.45, 2.75) is 57.1 Å². The number of aliphatic hydroxyl groups excluding tert-OH is 1. The first-order valence-corrected chi connectivity index (χ1v) is 9.95. The summed E-state index contributed by atoms with van der Waals surface area (Å²) in [5.74, 6) is 1.40. The summed E-state index contributed by atoms with van der Waals surface area (Å²) in [5, 5.41) is 20.5. The first kappa shape index (κ1) is 16.3. The summed E-state index contributed by atoms with van der Waals surface area (Å²) in [6, 6.07) is -0.418. The second-order valence-corrected chi connectivity index (χ2v) is 8.47. The van der Waals surface area contributed by atoms with Crippen LogP contribution in [0.2, 0.25) is 0 Å². The number of aromatic nitrogens is 2. The lowest BCUT2D eigenvalue weighted by Gasteiger charge is -2.21. The number of hydrogen-bond acceptors (Lipinski definition) is 4. The molecule has 26 heavy (non-hydrogen) atoms. The van der Waals surface area contributed by atoms with E-state index in [1.165, 1.54) is 12.8 Å². The molecule has 1 aromatic rings. The van der Waals surface area contributed by atoms with Gasteiger partial charge in [-0.2, -0.15) is 5.10 Å². The minimum absolute atomic E-state index is 0.139. The average molecular weight is 358 g/mol. The van der Waals surface area contributed by atoms with Crippen LogP contribution in [0.5, 0.6) is 0 Å². The van der Waals surface area contributed by atoms with Crippen LogP contribution < -0.4 is 5.32 Å². The van der Waals surface area contributed by atoms with Crippen LogP contribution in [0.1, 0.15) is 53.8 Å². The SMILES string of the molecule is O=C(N[C@H]1CN(C(=O)[C@@H]2CC[C@@H]3C[C@@H]32)C[C@H]1O)c1n[nH]c2c1CCCC2. The molecular formula is C19H26N4O3. The summed E-state index contributed by atoms with van der Waals surface area (Å²) < 4.78 is 0. The Morgan fingerprint density at radius 3 is 2.81 bits per heavy atom. The Morgan fingerprint density at radius 1 is 1.19 bits per heavy atom. The van der Waals surface area contributed by atoms with E-state index in [2.05, 4.69) is 15.5 Å². The van der Waals surface area contributed by atoms with Crippen molar-refractivity contribution < 1.29 is 14.7 Å². The standard InChI is InChI=1S/C19H26N4O3/c24-16-9-23(19(26)11-6-5-10-7-13(10)11)8-15(16)20-18(25)17-12-3-1-2-4-14(12)21-22-17/h10-11,13,15-16,24H,1-9H2,(H,20,25)(H,21,22)/t10-,11-,13+,15+,16-/m1/s1. The normalized spacial score (nSPS) is 35.1. The van der Waals surface area contributed by atoms with Crippen LogP contribution in [-0.4, -0.2) is 57.3 Å². The van der Waals surface area contributed by atoms with E-state index in [4.69, 9.17) is 0 Å². The van der Waals surface area contributed by atoms with Crippen molar-refractivity contribution in [1.82, 2.24) is 20.4 Å². The minimum Gasteiger partial charge on any atom is -0.389 e. The molecule has 1 aliphatic heterocycles. The van der Waals surface area contributed by atoms with Crippen LogP contribution in [0.4, 0.5) is 0 Å². The largest absolute Gasteiger partial charge is 0.389 e. The van der Waals surface area contributed by atoms with Crippen LogP contribution in [0.3, 0.4) is 0 Å². The van der Waals surface area contributed by atoms with E-state index in [0.29, 0.717) is 24.7 Å². The molecule has 2 amide bonds. The fourth-order valence-corrected chi connectivity index (χ4v) is 5.26. The third-order valence-electron chi connectivity index (χ3n) is 6.85. The van der Waals surface area contributed by atoms with Gasteiger partial charge in [0.15, 0.2) is 5.69 Å². The lowest BCUT2D eigenvalue weighted by Crippen LogP contribution is -2.43. The third-order valence-corrected chi connectivity index (χ3v) is 6.85. The number of aromatic amines is 1. The second-order valence-electron chi connectivity index (χ2n) is 8.47. The highest BCUT2D eigenvalue weighted by atomic mass is 16.3. The van der Waals surface area contributed by atoms with Crippen LogP contribution in [0.25, 0.3) is 0 Å². The number of hydrogen-bond donors (Lipinski definition) is 3. The molecule has 3 N–H and O–H groups in total. The highest BCUT2D eigenvalue weighted by Crippen LogP contribution is 2.55. The molecule has 3 aliphatic carbocycles. The highest BCUT2D eigenvalue weighted by Gasteiger charge is 2.52. The van der Waals surface area contributed by atoms with Crippen LogP contribution in [-0.2, 0) is 17.6 Å². The minimum atomic E-state index is -0.714. The average Bonchev–Trinajstić information content (AvgIpc) is 2.98. The monoisotopic (exact) mass is 358 g/mol. The molecule has 7 heteroatoms. The predicted octanol–water partition coefficient (Wildman–Crippen LogP) is 0.636. The van der Waals surface area contributed by atoms with Crippen molar-refractivity contribution in [3.8, 4) is 0 Å². The van der Waals surface area contributed by atoms with E-state index in [1.807, 2.05) is 0 Å². The lowest BCUT2D eigenvalue weighted by molar-refractivity contribution is -0.135. The summed E-state index contributed by atoms with van der Waals surface area (Å²) in [6.45, 7) is 0.711. The smallest absolute Gasteiger partial charge is 0.272 e. The topological polar surface area (TPSA) is 98.3 Å². The van der Waals surface area contributed by atoms with Gasteiger partial charge in [0.1, 0.15) is 0 Å². The number of nitrogens with one attached hydrogen (secondary N) is 2. The Balaban J connectivity index is 1.24. The molecule has 0 spiro atoms. The van der Waals surface area contributed by atoms with E-state index in [1.54, 1.807) is 4.90 Å². The zero-order valence-corrected chi connectivity index (χ0v) is 14.9. The molecule has 2 saturated carbocycles. The van der Waals surface area contributed by atoms with E-state index in [-0.39, 0.29) is 17.7 Å². The third kappa shape index (κ3) is 2.64. The number of carbonyl (C=O) groups is 2. The number of rotatable bonds is 3. The quantitative estimate of drug-likeness (QED) is 0.738. The summed E-state index contributed by atoms with van der Waals surface area (Å²) in [5.41, 5.74) is 2.53. The Morgan fingerprint density at radius 2 is 2.04 bits per heavy atom. The fraction of sp³-hybridized carbons (Fsp3) is 0.737. The Bertz CT molecular complexity index is 745. The van der Waals surface area contributed by atoms with Crippen LogP contribution in [0, 0.1) is 17.8 Å². The molecule has 0 unspecified atom stereocenters. The van der Waals surface area contributed by atoms with Gasteiger partial charge in [0, 0.05) is 30.3 Å². The Labute approximate surface area is 152 Å². The van der Waals surface area contributed by atoms with Crippen molar-refractivity contribution in [1.29, 1.82) is 0 Å². The Kier molecular flexibility index (Phi) is 3.81. The van der Waals surface area contributed by atoms with E-state index in [9.17, 15) is 14.7 Å². The summed E-state index contributed by atoms with van der Waals surface area (Å²) in [7, 11) is 0. The van der Waals surface area contributed by atoms with Gasteiger partial charge in [-0.05, 0) is 56.8 Å². The van der Waals surface area contributed by atoms with Gasteiger partial charge < -0.3 is 15.3 Å². The molecule has 2 heterocycles. The second kappa shape index (κ2) is 6.08. The number of fused-ring (bicyclic) bond motifs is 2. The van der Waals surface area contributed by atoms with Gasteiger partial charge in [0.2, 0.25) is 5.91 Å². The zero-order chi connectivity index (χ0) is 17.8. The number of carbonyl (C=O) groups excluding carboxylic acids is 2. The molecule has 140 valence electrons. The number of aryl methyl sites for hydroxylation is 1. The van der Waals surface area contributed by atoms with Gasteiger partial charge in [-0.3, -0.25) is 14.7 Å². The lowest BCUT2D eigenvalue weighted by atomic mass is 9.95. The fourth-order valence-electron chi connectivity index (χ4n) is 5.26. The highest BCUT2D eigenvalue weighted by molar-refractivity contribution is 5.94. The van der Waals surface area contributed by atoms with E-state index >= 15 is 0 Å². The molecule has 5 rings (SSSR count). The molecule has 5 atom stereocenters. The van der Waals surface area contributed by atoms with E-state index < -0.39 is 12.1 Å². The van der Waals surface area contributed by atoms with Crippen LogP contribution in [0.15, 0.2) is 0 Å². The number of aliphatic hydroxyl groups is 1. The molecule has 3 fully saturated rings. The Hall–Kier alpha value is -1.89. The number of H-pyrrole nitrogens is 1. The maximum Gasteiger partial charge on any atom is 0.272 e. The summed E-state index contributed by atoms with van der Waals surface area (Å²) >= 11 is 0. The molecule has 0 radical (unpaired) electrons. The number of β-amino-alcohol motifs (C(OH)–C–C–N with tert-alkyl or cyclic N) is 1. The molecule has 0 aromatic carbocycles.